The van der Waals surface area contributed by atoms with Crippen molar-refractivity contribution in [2.75, 3.05) is 0 Å². The first-order valence-electron chi connectivity index (χ1n) is 6.05. The first-order valence-corrected chi connectivity index (χ1v) is 6.05. The van der Waals surface area contributed by atoms with Gasteiger partial charge in [0.1, 0.15) is 5.82 Å². The van der Waals surface area contributed by atoms with Crippen molar-refractivity contribution < 1.29 is 9.50 Å². The molecule has 0 bridgehead atoms. The maximum atomic E-state index is 12.8. The fourth-order valence-electron chi connectivity index (χ4n) is 2.68. The van der Waals surface area contributed by atoms with Gasteiger partial charge in [-0.25, -0.2) is 4.39 Å². The molecule has 2 rings (SSSR count). The molecule has 1 saturated carbocycles. The number of rotatable bonds is 2. The van der Waals surface area contributed by atoms with Gasteiger partial charge in [0, 0.05) is 0 Å². The molecular formula is C14H19FO. The molecule has 0 aliphatic heterocycles. The summed E-state index contributed by atoms with van der Waals surface area (Å²) in [5.41, 5.74) is 0.807. The highest BCUT2D eigenvalue weighted by molar-refractivity contribution is 5.20. The first kappa shape index (κ1) is 11.6. The van der Waals surface area contributed by atoms with E-state index >= 15 is 0 Å². The summed E-state index contributed by atoms with van der Waals surface area (Å²) in [6.07, 6.45) is 5.31. The minimum absolute atomic E-state index is 0.0317. The molecule has 1 aromatic carbocycles. The molecule has 0 heterocycles. The second kappa shape index (κ2) is 4.54. The average Bonchev–Trinajstić information content (AvgIpc) is 2.30. The lowest BCUT2D eigenvalue weighted by molar-refractivity contribution is 0.00815. The Bertz CT molecular complexity index is 338. The maximum Gasteiger partial charge on any atom is 0.123 e. The molecule has 0 saturated heterocycles. The predicted octanol–water partition coefficient (Wildman–Crippen LogP) is 3.83. The van der Waals surface area contributed by atoms with Crippen LogP contribution in [0.3, 0.4) is 0 Å². The van der Waals surface area contributed by atoms with Crippen LogP contribution in [-0.4, -0.2) is 5.11 Å². The predicted molar refractivity (Wildman–Crippen MR) is 62.6 cm³/mol. The number of hydrogen-bond donors (Lipinski definition) is 1. The SMILES string of the molecule is CC1(C(O)c2ccc(F)cc2)CCCCC1. The Morgan fingerprint density at radius 1 is 1.12 bits per heavy atom. The molecule has 1 fully saturated rings. The van der Waals surface area contributed by atoms with Gasteiger partial charge in [-0.3, -0.25) is 0 Å². The molecule has 88 valence electrons. The standard InChI is InChI=1S/C14H19FO/c1-14(9-3-2-4-10-14)13(16)11-5-7-12(15)8-6-11/h5-8,13,16H,2-4,9-10H2,1H3. The molecule has 1 aromatic rings. The van der Waals surface area contributed by atoms with E-state index in [4.69, 9.17) is 0 Å². The highest BCUT2D eigenvalue weighted by Crippen LogP contribution is 2.45. The Kier molecular flexibility index (Phi) is 3.29. The monoisotopic (exact) mass is 222 g/mol. The minimum Gasteiger partial charge on any atom is -0.388 e. The largest absolute Gasteiger partial charge is 0.388 e. The van der Waals surface area contributed by atoms with Gasteiger partial charge < -0.3 is 5.11 Å². The lowest BCUT2D eigenvalue weighted by atomic mass is 9.70. The number of aliphatic hydroxyl groups excluding tert-OH is 1. The average molecular weight is 222 g/mol. The molecule has 1 N–H and O–H groups in total. The Hall–Kier alpha value is -0.890. The van der Waals surface area contributed by atoms with Crippen LogP contribution in [0.15, 0.2) is 24.3 Å². The Morgan fingerprint density at radius 3 is 2.25 bits per heavy atom. The topological polar surface area (TPSA) is 20.2 Å². The summed E-state index contributed by atoms with van der Waals surface area (Å²) in [5, 5.41) is 10.4. The molecule has 0 spiro atoms. The van der Waals surface area contributed by atoms with Gasteiger partial charge in [-0.1, -0.05) is 38.3 Å². The van der Waals surface area contributed by atoms with E-state index in [2.05, 4.69) is 6.92 Å². The molecule has 0 amide bonds. The van der Waals surface area contributed by atoms with Gasteiger partial charge in [-0.05, 0) is 36.0 Å². The van der Waals surface area contributed by atoms with Crippen LogP contribution in [0.1, 0.15) is 50.7 Å². The van der Waals surface area contributed by atoms with Crippen LogP contribution in [0.5, 0.6) is 0 Å². The van der Waals surface area contributed by atoms with Crippen LogP contribution in [0, 0.1) is 11.2 Å². The molecule has 1 unspecified atom stereocenters. The zero-order valence-electron chi connectivity index (χ0n) is 9.75. The minimum atomic E-state index is -0.464. The summed E-state index contributed by atoms with van der Waals surface area (Å²) in [5.74, 6) is -0.246. The summed E-state index contributed by atoms with van der Waals surface area (Å²) in [7, 11) is 0. The van der Waals surface area contributed by atoms with Crippen molar-refractivity contribution in [2.24, 2.45) is 5.41 Å². The van der Waals surface area contributed by atoms with Crippen LogP contribution >= 0.6 is 0 Å². The van der Waals surface area contributed by atoms with E-state index in [1.54, 1.807) is 12.1 Å². The summed E-state index contributed by atoms with van der Waals surface area (Å²) >= 11 is 0. The zero-order valence-corrected chi connectivity index (χ0v) is 9.75. The van der Waals surface area contributed by atoms with Gasteiger partial charge >= 0.3 is 0 Å². The molecule has 0 aromatic heterocycles. The second-order valence-electron chi connectivity index (χ2n) is 5.17. The third kappa shape index (κ3) is 2.27. The Labute approximate surface area is 96.3 Å². The first-order chi connectivity index (χ1) is 7.62. The van der Waals surface area contributed by atoms with Crippen molar-refractivity contribution in [3.05, 3.63) is 35.6 Å². The van der Waals surface area contributed by atoms with Crippen molar-refractivity contribution in [1.29, 1.82) is 0 Å². The van der Waals surface area contributed by atoms with E-state index in [0.717, 1.165) is 18.4 Å². The van der Waals surface area contributed by atoms with Crippen molar-refractivity contribution in [3.63, 3.8) is 0 Å². The summed E-state index contributed by atoms with van der Waals surface area (Å²) in [6, 6.07) is 6.23. The second-order valence-corrected chi connectivity index (χ2v) is 5.17. The number of benzene rings is 1. The molecule has 1 aliphatic carbocycles. The third-order valence-electron chi connectivity index (χ3n) is 3.84. The van der Waals surface area contributed by atoms with Gasteiger partial charge in [0.25, 0.3) is 0 Å². The smallest absolute Gasteiger partial charge is 0.123 e. The van der Waals surface area contributed by atoms with Crippen LogP contribution in [0.25, 0.3) is 0 Å². The van der Waals surface area contributed by atoms with Gasteiger partial charge in [-0.15, -0.1) is 0 Å². The van der Waals surface area contributed by atoms with Gasteiger partial charge in [-0.2, -0.15) is 0 Å². The number of hydrogen-bond acceptors (Lipinski definition) is 1. The Morgan fingerprint density at radius 2 is 1.69 bits per heavy atom. The van der Waals surface area contributed by atoms with Gasteiger partial charge in [0.2, 0.25) is 0 Å². The lowest BCUT2D eigenvalue weighted by Crippen LogP contribution is -2.28. The Balaban J connectivity index is 2.16. The van der Waals surface area contributed by atoms with Crippen molar-refractivity contribution in [1.82, 2.24) is 0 Å². The third-order valence-corrected chi connectivity index (χ3v) is 3.84. The van der Waals surface area contributed by atoms with E-state index in [9.17, 15) is 9.50 Å². The van der Waals surface area contributed by atoms with E-state index in [-0.39, 0.29) is 11.2 Å². The summed E-state index contributed by atoms with van der Waals surface area (Å²) in [4.78, 5) is 0. The van der Waals surface area contributed by atoms with Crippen LogP contribution < -0.4 is 0 Å². The maximum absolute atomic E-state index is 12.8. The van der Waals surface area contributed by atoms with E-state index in [0.29, 0.717) is 0 Å². The van der Waals surface area contributed by atoms with E-state index in [1.165, 1.54) is 31.4 Å². The molecule has 16 heavy (non-hydrogen) atoms. The molecule has 1 atom stereocenters. The molecule has 1 aliphatic rings. The molecular weight excluding hydrogens is 203 g/mol. The van der Waals surface area contributed by atoms with Gasteiger partial charge in [0.05, 0.1) is 6.10 Å². The zero-order chi connectivity index (χ0) is 11.6. The van der Waals surface area contributed by atoms with E-state index in [1.807, 2.05) is 0 Å². The number of halogens is 1. The number of aliphatic hydroxyl groups is 1. The highest BCUT2D eigenvalue weighted by Gasteiger charge is 2.35. The fraction of sp³-hybridized carbons (Fsp3) is 0.571. The van der Waals surface area contributed by atoms with E-state index < -0.39 is 6.10 Å². The summed E-state index contributed by atoms with van der Waals surface area (Å²) in [6.45, 7) is 2.14. The quantitative estimate of drug-likeness (QED) is 0.806. The summed E-state index contributed by atoms with van der Waals surface area (Å²) < 4.78 is 12.8. The van der Waals surface area contributed by atoms with Gasteiger partial charge in [0.15, 0.2) is 0 Å². The van der Waals surface area contributed by atoms with Crippen LogP contribution in [0.2, 0.25) is 0 Å². The van der Waals surface area contributed by atoms with Crippen LogP contribution in [-0.2, 0) is 0 Å². The van der Waals surface area contributed by atoms with Crippen molar-refractivity contribution in [2.45, 2.75) is 45.1 Å². The van der Waals surface area contributed by atoms with Crippen LogP contribution in [0.4, 0.5) is 4.39 Å². The normalized spacial score (nSPS) is 21.7. The van der Waals surface area contributed by atoms with Crippen molar-refractivity contribution in [3.8, 4) is 0 Å². The molecule has 1 nitrogen and oxygen atoms in total. The molecule has 0 radical (unpaired) electrons. The lowest BCUT2D eigenvalue weighted by Gasteiger charge is -2.38. The van der Waals surface area contributed by atoms with Crippen molar-refractivity contribution >= 4 is 0 Å². The fourth-order valence-corrected chi connectivity index (χ4v) is 2.68. The molecule has 2 heteroatoms. The highest BCUT2D eigenvalue weighted by atomic mass is 19.1.